The Morgan fingerprint density at radius 2 is 1.90 bits per heavy atom. The van der Waals surface area contributed by atoms with Crippen molar-refractivity contribution >= 4 is 16.0 Å². The highest BCUT2D eigenvalue weighted by Crippen LogP contribution is 2.25. The number of carboxylic acids is 1. The molecule has 0 amide bonds. The zero-order valence-electron chi connectivity index (χ0n) is 11.7. The molecule has 4 N–H and O–H groups in total. The normalized spacial score (nSPS) is 11.5. The van der Waals surface area contributed by atoms with Crippen LogP contribution in [0.3, 0.4) is 0 Å². The summed E-state index contributed by atoms with van der Waals surface area (Å²) < 4.78 is 26.7. The van der Waals surface area contributed by atoms with Crippen LogP contribution in [0.15, 0.2) is 17.0 Å². The first-order valence-electron chi connectivity index (χ1n) is 6.47. The van der Waals surface area contributed by atoms with Crippen LogP contribution in [0.1, 0.15) is 35.2 Å². The SMILES string of the molecule is Cc1cc(O)c(C(=O)O)cc1S(=O)(=O)NCCCCCO. The Hall–Kier alpha value is -1.64. The summed E-state index contributed by atoms with van der Waals surface area (Å²) in [4.78, 5) is 10.8. The lowest BCUT2D eigenvalue weighted by Crippen LogP contribution is -2.25. The molecule has 1 rings (SSSR count). The lowest BCUT2D eigenvalue weighted by molar-refractivity contribution is 0.0693. The highest BCUT2D eigenvalue weighted by atomic mass is 32.2. The molecule has 7 nitrogen and oxygen atoms in total. The molecule has 0 heterocycles. The van der Waals surface area contributed by atoms with E-state index < -0.39 is 27.3 Å². The van der Waals surface area contributed by atoms with Gasteiger partial charge in [-0.05, 0) is 43.9 Å². The molecule has 0 aliphatic rings. The predicted molar refractivity (Wildman–Crippen MR) is 75.9 cm³/mol. The van der Waals surface area contributed by atoms with Crippen LogP contribution < -0.4 is 4.72 Å². The third kappa shape index (κ3) is 4.69. The molecular weight excluding hydrogens is 298 g/mol. The van der Waals surface area contributed by atoms with E-state index in [0.717, 1.165) is 12.1 Å². The van der Waals surface area contributed by atoms with Crippen LogP contribution in [0.2, 0.25) is 0 Å². The zero-order valence-corrected chi connectivity index (χ0v) is 12.5. The Kier molecular flexibility index (Phi) is 6.13. The summed E-state index contributed by atoms with van der Waals surface area (Å²) in [5.41, 5.74) is -0.193. The Labute approximate surface area is 123 Å². The van der Waals surface area contributed by atoms with Gasteiger partial charge in [-0.15, -0.1) is 0 Å². The van der Waals surface area contributed by atoms with Crippen molar-refractivity contribution in [2.24, 2.45) is 0 Å². The first-order valence-corrected chi connectivity index (χ1v) is 7.95. The van der Waals surface area contributed by atoms with Gasteiger partial charge in [-0.25, -0.2) is 17.9 Å². The number of phenols is 1. The van der Waals surface area contributed by atoms with Crippen LogP contribution in [0.5, 0.6) is 5.75 Å². The molecule has 0 saturated carbocycles. The van der Waals surface area contributed by atoms with Crippen LogP contribution in [0.25, 0.3) is 0 Å². The number of unbranched alkanes of at least 4 members (excludes halogenated alkanes) is 2. The minimum Gasteiger partial charge on any atom is -0.507 e. The first-order chi connectivity index (χ1) is 9.79. The Balaban J connectivity index is 2.92. The third-order valence-corrected chi connectivity index (χ3v) is 4.54. The van der Waals surface area contributed by atoms with Crippen molar-refractivity contribution in [3.8, 4) is 5.75 Å². The van der Waals surface area contributed by atoms with Gasteiger partial charge < -0.3 is 15.3 Å². The topological polar surface area (TPSA) is 124 Å². The van der Waals surface area contributed by atoms with E-state index in [1.54, 1.807) is 0 Å². The molecule has 0 aliphatic carbocycles. The van der Waals surface area contributed by atoms with E-state index in [0.29, 0.717) is 19.3 Å². The molecule has 21 heavy (non-hydrogen) atoms. The second-order valence-electron chi connectivity index (χ2n) is 4.62. The molecule has 0 atom stereocenters. The molecule has 8 heteroatoms. The number of aryl methyl sites for hydroxylation is 1. The number of hydrogen-bond donors (Lipinski definition) is 4. The van der Waals surface area contributed by atoms with Gasteiger partial charge in [-0.3, -0.25) is 0 Å². The largest absolute Gasteiger partial charge is 0.507 e. The number of carbonyl (C=O) groups is 1. The Morgan fingerprint density at radius 1 is 1.24 bits per heavy atom. The number of nitrogens with one attached hydrogen (secondary N) is 1. The van der Waals surface area contributed by atoms with Crippen molar-refractivity contribution in [1.82, 2.24) is 4.72 Å². The van der Waals surface area contributed by atoms with E-state index in [1.165, 1.54) is 6.92 Å². The number of benzene rings is 1. The van der Waals surface area contributed by atoms with Gasteiger partial charge in [0.05, 0.1) is 4.90 Å². The number of carboxylic acid groups (broad SMARTS) is 1. The molecule has 0 spiro atoms. The maximum absolute atomic E-state index is 12.1. The number of aliphatic hydroxyl groups is 1. The molecule has 0 unspecified atom stereocenters. The summed E-state index contributed by atoms with van der Waals surface area (Å²) >= 11 is 0. The van der Waals surface area contributed by atoms with Crippen LogP contribution in [0, 0.1) is 6.92 Å². The minimum absolute atomic E-state index is 0.0613. The van der Waals surface area contributed by atoms with Gasteiger partial charge in [-0.2, -0.15) is 0 Å². The third-order valence-electron chi connectivity index (χ3n) is 2.94. The molecule has 1 aromatic carbocycles. The zero-order chi connectivity index (χ0) is 16.0. The Morgan fingerprint density at radius 3 is 2.48 bits per heavy atom. The van der Waals surface area contributed by atoms with E-state index in [2.05, 4.69) is 4.72 Å². The number of rotatable bonds is 8. The summed E-state index contributed by atoms with van der Waals surface area (Å²) in [7, 11) is -3.84. The summed E-state index contributed by atoms with van der Waals surface area (Å²) in [6.07, 6.45) is 1.86. The second-order valence-corrected chi connectivity index (χ2v) is 6.36. The van der Waals surface area contributed by atoms with Crippen molar-refractivity contribution in [2.75, 3.05) is 13.2 Å². The molecule has 0 radical (unpaired) electrons. The van der Waals surface area contributed by atoms with E-state index in [9.17, 15) is 18.3 Å². The quantitative estimate of drug-likeness (QED) is 0.527. The molecule has 118 valence electrons. The molecule has 0 aliphatic heterocycles. The van der Waals surface area contributed by atoms with Crippen molar-refractivity contribution in [2.45, 2.75) is 31.1 Å². The van der Waals surface area contributed by atoms with Crippen LogP contribution in [-0.2, 0) is 10.0 Å². The van der Waals surface area contributed by atoms with Gasteiger partial charge in [0, 0.05) is 13.2 Å². The van der Waals surface area contributed by atoms with Gasteiger partial charge in [0.2, 0.25) is 10.0 Å². The molecule has 0 saturated heterocycles. The number of hydrogen-bond acceptors (Lipinski definition) is 5. The lowest BCUT2D eigenvalue weighted by Gasteiger charge is -2.11. The highest BCUT2D eigenvalue weighted by molar-refractivity contribution is 7.89. The smallest absolute Gasteiger partial charge is 0.339 e. The van der Waals surface area contributed by atoms with Gasteiger partial charge in [0.15, 0.2) is 0 Å². The van der Waals surface area contributed by atoms with Gasteiger partial charge >= 0.3 is 5.97 Å². The molecule has 0 fully saturated rings. The summed E-state index contributed by atoms with van der Waals surface area (Å²) in [5, 5.41) is 27.1. The van der Waals surface area contributed by atoms with E-state index >= 15 is 0 Å². The minimum atomic E-state index is -3.84. The van der Waals surface area contributed by atoms with Gasteiger partial charge in [0.1, 0.15) is 11.3 Å². The standard InChI is InChI=1S/C13H19NO6S/c1-9-7-11(16)10(13(17)18)8-12(9)21(19,20)14-5-3-2-4-6-15/h7-8,14-16H,2-6H2,1H3,(H,17,18). The number of sulfonamides is 1. The first kappa shape index (κ1) is 17.4. The predicted octanol–water partition coefficient (Wildman–Crippen LogP) is 0.840. The van der Waals surface area contributed by atoms with Crippen molar-refractivity contribution in [3.05, 3.63) is 23.3 Å². The fourth-order valence-electron chi connectivity index (χ4n) is 1.83. The van der Waals surface area contributed by atoms with Crippen molar-refractivity contribution in [3.63, 3.8) is 0 Å². The molecule has 0 aromatic heterocycles. The van der Waals surface area contributed by atoms with Gasteiger partial charge in [-0.1, -0.05) is 0 Å². The van der Waals surface area contributed by atoms with Crippen molar-refractivity contribution in [1.29, 1.82) is 0 Å². The van der Waals surface area contributed by atoms with Gasteiger partial charge in [0.25, 0.3) is 0 Å². The van der Waals surface area contributed by atoms with Crippen LogP contribution in [-0.4, -0.2) is 42.9 Å². The average molecular weight is 317 g/mol. The maximum atomic E-state index is 12.1. The highest BCUT2D eigenvalue weighted by Gasteiger charge is 2.21. The summed E-state index contributed by atoms with van der Waals surface area (Å²) in [6.45, 7) is 1.74. The second kappa shape index (κ2) is 7.39. The molecule has 1 aromatic rings. The van der Waals surface area contributed by atoms with E-state index in [-0.39, 0.29) is 23.6 Å². The van der Waals surface area contributed by atoms with E-state index in [4.69, 9.17) is 10.2 Å². The van der Waals surface area contributed by atoms with Crippen LogP contribution >= 0.6 is 0 Å². The average Bonchev–Trinajstić information content (AvgIpc) is 2.37. The molecule has 0 bridgehead atoms. The van der Waals surface area contributed by atoms with E-state index in [1.807, 2.05) is 0 Å². The number of aliphatic hydroxyl groups excluding tert-OH is 1. The fourth-order valence-corrected chi connectivity index (χ4v) is 3.16. The molecular formula is C13H19NO6S. The lowest BCUT2D eigenvalue weighted by atomic mass is 10.1. The monoisotopic (exact) mass is 317 g/mol. The summed E-state index contributed by atoms with van der Waals surface area (Å²) in [5.74, 6) is -1.87. The maximum Gasteiger partial charge on any atom is 0.339 e. The number of aromatic hydroxyl groups is 1. The fraction of sp³-hybridized carbons (Fsp3) is 0.462. The van der Waals surface area contributed by atoms with Crippen LogP contribution in [0.4, 0.5) is 0 Å². The number of aromatic carboxylic acids is 1. The Bertz CT molecular complexity index is 611. The van der Waals surface area contributed by atoms with Crippen molar-refractivity contribution < 1.29 is 28.5 Å². The summed E-state index contributed by atoms with van der Waals surface area (Å²) in [6, 6.07) is 2.06.